The maximum absolute atomic E-state index is 13.1. The average Bonchev–Trinajstić information content (AvgIpc) is 2.16. The summed E-state index contributed by atoms with van der Waals surface area (Å²) in [6.45, 7) is 0. The van der Waals surface area contributed by atoms with Crippen LogP contribution >= 0.6 is 12.6 Å². The van der Waals surface area contributed by atoms with Crippen LogP contribution in [0, 0.1) is 5.82 Å². The van der Waals surface area contributed by atoms with Crippen molar-refractivity contribution < 1.29 is 9.13 Å². The quantitative estimate of drug-likeness (QED) is 0.715. The van der Waals surface area contributed by atoms with Crippen LogP contribution in [0.1, 0.15) is 5.56 Å². The number of methoxy groups -OCH3 is 1. The Labute approximate surface area is 81.6 Å². The summed E-state index contributed by atoms with van der Waals surface area (Å²) in [7, 11) is 1.41. The highest BCUT2D eigenvalue weighted by Gasteiger charge is 2.03. The highest BCUT2D eigenvalue weighted by Crippen LogP contribution is 2.20. The van der Waals surface area contributed by atoms with Gasteiger partial charge in [-0.05, 0) is 23.6 Å². The van der Waals surface area contributed by atoms with Crippen LogP contribution in [0.5, 0.6) is 5.75 Å². The van der Waals surface area contributed by atoms with Crippen molar-refractivity contribution in [3.8, 4) is 5.75 Å². The fourth-order valence-electron chi connectivity index (χ4n) is 0.920. The predicted molar refractivity (Wildman–Crippen MR) is 54.1 cm³/mol. The molecule has 1 aromatic carbocycles. The number of benzene rings is 1. The monoisotopic (exact) mass is 199 g/mol. The summed E-state index contributed by atoms with van der Waals surface area (Å²) in [4.78, 5) is 0. The maximum atomic E-state index is 13.1. The van der Waals surface area contributed by atoms with Gasteiger partial charge >= 0.3 is 0 Å². The molecule has 0 aliphatic carbocycles. The Bertz CT molecular complexity index is 338. The Morgan fingerprint density at radius 1 is 1.62 bits per heavy atom. The number of hydrogen-bond donors (Lipinski definition) is 2. The van der Waals surface area contributed by atoms with E-state index in [1.54, 1.807) is 6.07 Å². The van der Waals surface area contributed by atoms with Gasteiger partial charge in [0, 0.05) is 11.3 Å². The zero-order valence-electron chi connectivity index (χ0n) is 7.12. The highest BCUT2D eigenvalue weighted by molar-refractivity contribution is 7.83. The lowest BCUT2D eigenvalue weighted by atomic mass is 10.1. The molecular formula is C9H10FNOS. The van der Waals surface area contributed by atoms with Gasteiger partial charge in [-0.2, -0.15) is 0 Å². The fraction of sp³-hybridized carbons (Fsp3) is 0.111. The van der Waals surface area contributed by atoms with Gasteiger partial charge in [-0.25, -0.2) is 4.39 Å². The molecule has 2 N–H and O–H groups in total. The molecule has 1 aromatic rings. The minimum atomic E-state index is -0.432. The number of thiol groups is 1. The third-order valence-electron chi connectivity index (χ3n) is 1.62. The van der Waals surface area contributed by atoms with Crippen LogP contribution < -0.4 is 10.5 Å². The van der Waals surface area contributed by atoms with E-state index in [4.69, 9.17) is 10.5 Å². The van der Waals surface area contributed by atoms with Gasteiger partial charge in [-0.3, -0.25) is 0 Å². The SMILES string of the molecule is COc1ccc(/C(N)=C/S)cc1F. The van der Waals surface area contributed by atoms with Gasteiger partial charge in [0.05, 0.1) is 7.11 Å². The second-order valence-corrected chi connectivity index (χ2v) is 2.69. The third-order valence-corrected chi connectivity index (χ3v) is 1.90. The Morgan fingerprint density at radius 3 is 2.77 bits per heavy atom. The van der Waals surface area contributed by atoms with Crippen molar-refractivity contribution in [1.29, 1.82) is 0 Å². The van der Waals surface area contributed by atoms with E-state index < -0.39 is 5.82 Å². The van der Waals surface area contributed by atoms with Crippen LogP contribution in [0.4, 0.5) is 4.39 Å². The summed E-state index contributed by atoms with van der Waals surface area (Å²) in [5, 5.41) is 1.42. The molecule has 0 heterocycles. The molecule has 0 aliphatic heterocycles. The van der Waals surface area contributed by atoms with Crippen LogP contribution in [0.3, 0.4) is 0 Å². The largest absolute Gasteiger partial charge is 0.494 e. The van der Waals surface area contributed by atoms with Crippen molar-refractivity contribution in [3.05, 3.63) is 35.0 Å². The van der Waals surface area contributed by atoms with Gasteiger partial charge < -0.3 is 10.5 Å². The molecule has 0 fully saturated rings. The van der Waals surface area contributed by atoms with E-state index in [0.29, 0.717) is 11.3 Å². The predicted octanol–water partition coefficient (Wildman–Crippen LogP) is 2.02. The molecule has 0 bridgehead atoms. The number of nitrogens with two attached hydrogens (primary N) is 1. The topological polar surface area (TPSA) is 35.2 Å². The lowest BCUT2D eigenvalue weighted by Gasteiger charge is -2.04. The molecular weight excluding hydrogens is 189 g/mol. The van der Waals surface area contributed by atoms with E-state index >= 15 is 0 Å². The summed E-state index contributed by atoms with van der Waals surface area (Å²) in [6.07, 6.45) is 0. The molecule has 0 aromatic heterocycles. The van der Waals surface area contributed by atoms with Gasteiger partial charge in [-0.15, -0.1) is 12.6 Å². The second kappa shape index (κ2) is 4.18. The first-order valence-corrected chi connectivity index (χ1v) is 4.14. The summed E-state index contributed by atoms with van der Waals surface area (Å²) in [6, 6.07) is 4.50. The smallest absolute Gasteiger partial charge is 0.165 e. The third kappa shape index (κ3) is 2.15. The molecule has 0 radical (unpaired) electrons. The number of ether oxygens (including phenoxy) is 1. The van der Waals surface area contributed by atoms with Gasteiger partial charge in [0.25, 0.3) is 0 Å². The van der Waals surface area contributed by atoms with E-state index in [1.165, 1.54) is 24.7 Å². The summed E-state index contributed by atoms with van der Waals surface area (Å²) < 4.78 is 17.9. The highest BCUT2D eigenvalue weighted by atomic mass is 32.1. The van der Waals surface area contributed by atoms with Gasteiger partial charge in [0.2, 0.25) is 0 Å². The first-order chi connectivity index (χ1) is 6.19. The molecule has 1 rings (SSSR count). The number of hydrogen-bond acceptors (Lipinski definition) is 3. The molecule has 0 saturated carbocycles. The summed E-state index contributed by atoms with van der Waals surface area (Å²) in [5.41, 5.74) is 6.54. The Morgan fingerprint density at radius 2 is 2.31 bits per heavy atom. The Kier molecular flexibility index (Phi) is 3.19. The minimum absolute atomic E-state index is 0.204. The van der Waals surface area contributed by atoms with Crippen LogP contribution in [-0.4, -0.2) is 7.11 Å². The maximum Gasteiger partial charge on any atom is 0.165 e. The Balaban J connectivity index is 3.10. The zero-order valence-corrected chi connectivity index (χ0v) is 8.01. The summed E-state index contributed by atoms with van der Waals surface area (Å²) >= 11 is 3.87. The van der Waals surface area contributed by atoms with Crippen LogP contribution in [0.2, 0.25) is 0 Å². The van der Waals surface area contributed by atoms with Crippen LogP contribution in [0.25, 0.3) is 5.70 Å². The molecule has 70 valence electrons. The first-order valence-electron chi connectivity index (χ1n) is 3.62. The lowest BCUT2D eigenvalue weighted by molar-refractivity contribution is 0.386. The fourth-order valence-corrected chi connectivity index (χ4v) is 1.07. The standard InChI is InChI=1S/C9H10FNOS/c1-12-9-3-2-6(4-7(9)10)8(11)5-13/h2-5,13H,11H2,1H3/b8-5-. The molecule has 0 atom stereocenters. The van der Waals surface area contributed by atoms with E-state index in [2.05, 4.69) is 12.6 Å². The summed E-state index contributed by atoms with van der Waals surface area (Å²) in [5.74, 6) is -0.228. The van der Waals surface area contributed by atoms with Crippen molar-refractivity contribution in [2.45, 2.75) is 0 Å². The molecule has 0 aliphatic rings. The number of rotatable bonds is 2. The van der Waals surface area contributed by atoms with Crippen molar-refractivity contribution >= 4 is 18.3 Å². The lowest BCUT2D eigenvalue weighted by Crippen LogP contribution is -1.96. The van der Waals surface area contributed by atoms with Crippen molar-refractivity contribution in [2.24, 2.45) is 5.73 Å². The van der Waals surface area contributed by atoms with Gasteiger partial charge in [0.1, 0.15) is 0 Å². The van der Waals surface area contributed by atoms with E-state index in [9.17, 15) is 4.39 Å². The molecule has 0 spiro atoms. The molecule has 2 nitrogen and oxygen atoms in total. The van der Waals surface area contributed by atoms with Crippen LogP contribution in [0.15, 0.2) is 23.6 Å². The van der Waals surface area contributed by atoms with Gasteiger partial charge in [-0.1, -0.05) is 0 Å². The first kappa shape index (κ1) is 9.92. The number of halogens is 1. The molecule has 0 saturated heterocycles. The van der Waals surface area contributed by atoms with Crippen molar-refractivity contribution in [3.63, 3.8) is 0 Å². The van der Waals surface area contributed by atoms with Crippen molar-refractivity contribution in [1.82, 2.24) is 0 Å². The molecule has 0 unspecified atom stereocenters. The average molecular weight is 199 g/mol. The molecule has 0 amide bonds. The Hall–Kier alpha value is -1.16. The second-order valence-electron chi connectivity index (χ2n) is 2.43. The van der Waals surface area contributed by atoms with E-state index in [0.717, 1.165) is 0 Å². The molecule has 4 heteroatoms. The van der Waals surface area contributed by atoms with E-state index in [1.807, 2.05) is 0 Å². The van der Waals surface area contributed by atoms with E-state index in [-0.39, 0.29) is 5.75 Å². The molecule has 13 heavy (non-hydrogen) atoms. The van der Waals surface area contributed by atoms with Crippen LogP contribution in [-0.2, 0) is 0 Å². The normalized spacial score (nSPS) is 11.5. The zero-order chi connectivity index (χ0) is 9.84. The van der Waals surface area contributed by atoms with Gasteiger partial charge in [0.15, 0.2) is 11.6 Å². The van der Waals surface area contributed by atoms with Crippen molar-refractivity contribution in [2.75, 3.05) is 7.11 Å². The minimum Gasteiger partial charge on any atom is -0.494 e.